The first-order valence-corrected chi connectivity index (χ1v) is 6.03. The number of halogens is 2. The molecular weight excluding hydrogens is 305 g/mol. The van der Waals surface area contributed by atoms with Gasteiger partial charge in [-0.2, -0.15) is 0 Å². The second-order valence-electron chi connectivity index (χ2n) is 3.43. The van der Waals surface area contributed by atoms with Crippen molar-refractivity contribution in [3.8, 4) is 17.4 Å². The quantitative estimate of drug-likeness (QED) is 0.898. The first-order chi connectivity index (χ1) is 8.06. The molecule has 2 rings (SSSR count). The first kappa shape index (κ1) is 12.2. The molecule has 2 aromatic rings. The van der Waals surface area contributed by atoms with Crippen molar-refractivity contribution < 1.29 is 9.84 Å². The van der Waals surface area contributed by atoms with Gasteiger partial charge in [0.2, 0.25) is 5.88 Å². The van der Waals surface area contributed by atoms with Crippen LogP contribution in [0.25, 0.3) is 0 Å². The van der Waals surface area contributed by atoms with Gasteiger partial charge < -0.3 is 9.84 Å². The maximum Gasteiger partial charge on any atom is 0.219 e. The fourth-order valence-corrected chi connectivity index (χ4v) is 1.64. The fraction of sp³-hybridized carbons (Fsp3) is 0.0833. The zero-order chi connectivity index (χ0) is 12.4. The Hall–Kier alpha value is -1.26. The number of phenolic OH excluding ortho intramolecular Hbond substituents is 1. The SMILES string of the molecule is Cc1nc(Oc2cc(Cl)ccc2O)ccc1Br. The predicted molar refractivity (Wildman–Crippen MR) is 69.9 cm³/mol. The molecule has 0 bridgehead atoms. The summed E-state index contributed by atoms with van der Waals surface area (Å²) in [4.78, 5) is 4.22. The molecule has 0 amide bonds. The standard InChI is InChI=1S/C12H9BrClNO2/c1-7-9(13)3-5-12(15-7)17-11-6-8(14)2-4-10(11)16/h2-6,16H,1H3. The highest BCUT2D eigenvalue weighted by atomic mass is 79.9. The Balaban J connectivity index is 2.31. The van der Waals surface area contributed by atoms with Crippen LogP contribution in [0.5, 0.6) is 17.4 Å². The summed E-state index contributed by atoms with van der Waals surface area (Å²) >= 11 is 9.17. The number of aryl methyl sites for hydroxylation is 1. The Labute approximate surface area is 112 Å². The van der Waals surface area contributed by atoms with E-state index in [0.29, 0.717) is 10.9 Å². The van der Waals surface area contributed by atoms with E-state index >= 15 is 0 Å². The number of rotatable bonds is 2. The molecule has 0 saturated carbocycles. The topological polar surface area (TPSA) is 42.4 Å². The van der Waals surface area contributed by atoms with E-state index in [9.17, 15) is 5.11 Å². The summed E-state index contributed by atoms with van der Waals surface area (Å²) in [7, 11) is 0. The Morgan fingerprint density at radius 1 is 1.29 bits per heavy atom. The molecule has 0 aliphatic carbocycles. The number of aromatic hydroxyl groups is 1. The van der Waals surface area contributed by atoms with E-state index in [1.165, 1.54) is 12.1 Å². The van der Waals surface area contributed by atoms with Gasteiger partial charge in [0, 0.05) is 21.6 Å². The smallest absolute Gasteiger partial charge is 0.219 e. The van der Waals surface area contributed by atoms with Gasteiger partial charge in [0.15, 0.2) is 11.5 Å². The zero-order valence-corrected chi connectivity index (χ0v) is 11.3. The minimum atomic E-state index is 0.0248. The van der Waals surface area contributed by atoms with Crippen LogP contribution in [0.3, 0.4) is 0 Å². The number of aromatic nitrogens is 1. The van der Waals surface area contributed by atoms with E-state index < -0.39 is 0 Å². The molecule has 1 aromatic carbocycles. The van der Waals surface area contributed by atoms with Crippen LogP contribution in [0.2, 0.25) is 5.02 Å². The molecule has 0 unspecified atom stereocenters. The second-order valence-corrected chi connectivity index (χ2v) is 4.72. The van der Waals surface area contributed by atoms with E-state index in [1.54, 1.807) is 12.1 Å². The van der Waals surface area contributed by atoms with E-state index in [2.05, 4.69) is 20.9 Å². The molecule has 1 N–H and O–H groups in total. The maximum atomic E-state index is 9.60. The number of phenols is 1. The Bertz CT molecular complexity index is 560. The number of hydrogen-bond donors (Lipinski definition) is 1. The highest BCUT2D eigenvalue weighted by Gasteiger charge is 2.06. The summed E-state index contributed by atoms with van der Waals surface area (Å²) < 4.78 is 6.36. The van der Waals surface area contributed by atoms with E-state index in [1.807, 2.05) is 13.0 Å². The van der Waals surface area contributed by atoms with Crippen molar-refractivity contribution >= 4 is 27.5 Å². The van der Waals surface area contributed by atoms with Gasteiger partial charge in [0.05, 0.1) is 5.69 Å². The van der Waals surface area contributed by atoms with Gasteiger partial charge in [0.25, 0.3) is 0 Å². The van der Waals surface area contributed by atoms with Crippen LogP contribution < -0.4 is 4.74 Å². The van der Waals surface area contributed by atoms with Crippen molar-refractivity contribution in [2.45, 2.75) is 6.92 Å². The fourth-order valence-electron chi connectivity index (χ4n) is 1.26. The summed E-state index contributed by atoms with van der Waals surface area (Å²) in [5, 5.41) is 10.1. The van der Waals surface area contributed by atoms with Crippen molar-refractivity contribution in [3.05, 3.63) is 45.5 Å². The molecule has 0 saturated heterocycles. The summed E-state index contributed by atoms with van der Waals surface area (Å²) in [6.45, 7) is 1.86. The molecular formula is C12H9BrClNO2. The van der Waals surface area contributed by atoms with Gasteiger partial charge in [-0.25, -0.2) is 4.98 Å². The van der Waals surface area contributed by atoms with Gasteiger partial charge in [-0.3, -0.25) is 0 Å². The summed E-state index contributed by atoms with van der Waals surface area (Å²) in [5.41, 5.74) is 0.809. The summed E-state index contributed by atoms with van der Waals surface area (Å²) in [6.07, 6.45) is 0. The first-order valence-electron chi connectivity index (χ1n) is 4.86. The Kier molecular flexibility index (Phi) is 3.54. The third-order valence-corrected chi connectivity index (χ3v) is 3.21. The van der Waals surface area contributed by atoms with Gasteiger partial charge in [0.1, 0.15) is 0 Å². The minimum absolute atomic E-state index is 0.0248. The molecule has 0 aliphatic rings. The van der Waals surface area contributed by atoms with Gasteiger partial charge in [-0.1, -0.05) is 11.6 Å². The van der Waals surface area contributed by atoms with E-state index in [-0.39, 0.29) is 11.5 Å². The van der Waals surface area contributed by atoms with Crippen LogP contribution in [-0.4, -0.2) is 10.1 Å². The lowest BCUT2D eigenvalue weighted by molar-refractivity contribution is 0.402. The van der Waals surface area contributed by atoms with Crippen LogP contribution in [0.4, 0.5) is 0 Å². The normalized spacial score (nSPS) is 10.3. The van der Waals surface area contributed by atoms with Crippen LogP contribution in [0.15, 0.2) is 34.8 Å². The molecule has 0 fully saturated rings. The lowest BCUT2D eigenvalue weighted by atomic mass is 10.3. The third-order valence-electron chi connectivity index (χ3n) is 2.13. The van der Waals surface area contributed by atoms with Crippen LogP contribution in [0.1, 0.15) is 5.69 Å². The molecule has 0 atom stereocenters. The monoisotopic (exact) mass is 313 g/mol. The third kappa shape index (κ3) is 2.90. The van der Waals surface area contributed by atoms with E-state index in [0.717, 1.165) is 10.2 Å². The largest absolute Gasteiger partial charge is 0.504 e. The van der Waals surface area contributed by atoms with Crippen molar-refractivity contribution in [1.29, 1.82) is 0 Å². The molecule has 0 spiro atoms. The molecule has 3 nitrogen and oxygen atoms in total. The lowest BCUT2D eigenvalue weighted by Gasteiger charge is -2.08. The van der Waals surface area contributed by atoms with E-state index in [4.69, 9.17) is 16.3 Å². The maximum absolute atomic E-state index is 9.60. The van der Waals surface area contributed by atoms with Crippen LogP contribution >= 0.6 is 27.5 Å². The molecule has 1 aromatic heterocycles. The predicted octanol–water partition coefficient (Wildman–Crippen LogP) is 4.30. The number of nitrogens with zero attached hydrogens (tertiary/aromatic N) is 1. The van der Waals surface area contributed by atoms with Crippen molar-refractivity contribution in [1.82, 2.24) is 4.98 Å². The van der Waals surface area contributed by atoms with Crippen molar-refractivity contribution in [3.63, 3.8) is 0 Å². The average Bonchev–Trinajstić information content (AvgIpc) is 2.29. The van der Waals surface area contributed by atoms with Crippen LogP contribution in [-0.2, 0) is 0 Å². The van der Waals surface area contributed by atoms with Gasteiger partial charge >= 0.3 is 0 Å². The van der Waals surface area contributed by atoms with Gasteiger partial charge in [-0.05, 0) is 41.1 Å². The molecule has 88 valence electrons. The van der Waals surface area contributed by atoms with Crippen molar-refractivity contribution in [2.24, 2.45) is 0 Å². The average molecular weight is 315 g/mol. The lowest BCUT2D eigenvalue weighted by Crippen LogP contribution is -1.91. The highest BCUT2D eigenvalue weighted by molar-refractivity contribution is 9.10. The van der Waals surface area contributed by atoms with Gasteiger partial charge in [-0.15, -0.1) is 0 Å². The molecule has 17 heavy (non-hydrogen) atoms. The Morgan fingerprint density at radius 3 is 2.76 bits per heavy atom. The molecule has 1 heterocycles. The number of hydrogen-bond acceptors (Lipinski definition) is 3. The Morgan fingerprint density at radius 2 is 2.06 bits per heavy atom. The molecule has 5 heteroatoms. The highest BCUT2D eigenvalue weighted by Crippen LogP contribution is 2.32. The molecule has 0 aliphatic heterocycles. The number of ether oxygens (including phenoxy) is 1. The van der Waals surface area contributed by atoms with Crippen LogP contribution in [0, 0.1) is 6.92 Å². The zero-order valence-electron chi connectivity index (χ0n) is 8.95. The minimum Gasteiger partial charge on any atom is -0.504 e. The van der Waals surface area contributed by atoms with Crippen molar-refractivity contribution in [2.75, 3.05) is 0 Å². The summed E-state index contributed by atoms with van der Waals surface area (Å²) in [6, 6.07) is 8.14. The summed E-state index contributed by atoms with van der Waals surface area (Å²) in [5.74, 6) is 0.715. The molecule has 0 radical (unpaired) electrons. The second kappa shape index (κ2) is 4.94. The number of pyridine rings is 1. The number of benzene rings is 1.